The standard InChI is InChI=1S/C25H26F2N2O/c1-30-24-12-2-19(3-13-24)18-28-14-16-29(17-15-28)25(20-4-8-22(26)9-5-20)21-6-10-23(27)11-7-21/h2-13,25H,14-18H2,1H3. The Balaban J connectivity index is 1.47. The van der Waals surface area contributed by atoms with Gasteiger partial charge in [0.05, 0.1) is 13.2 Å². The van der Waals surface area contributed by atoms with Gasteiger partial charge in [0.15, 0.2) is 0 Å². The fourth-order valence-corrected chi connectivity index (χ4v) is 4.07. The van der Waals surface area contributed by atoms with E-state index in [0.717, 1.165) is 49.6 Å². The van der Waals surface area contributed by atoms with Crippen molar-refractivity contribution in [3.8, 4) is 5.75 Å². The lowest BCUT2D eigenvalue weighted by molar-refractivity contribution is 0.105. The van der Waals surface area contributed by atoms with Crippen LogP contribution in [0.4, 0.5) is 8.78 Å². The largest absolute Gasteiger partial charge is 0.497 e. The van der Waals surface area contributed by atoms with Crippen LogP contribution in [0, 0.1) is 11.6 Å². The number of hydrogen-bond donors (Lipinski definition) is 0. The van der Waals surface area contributed by atoms with Gasteiger partial charge >= 0.3 is 0 Å². The van der Waals surface area contributed by atoms with Crippen molar-refractivity contribution in [3.05, 3.63) is 101 Å². The second-order valence-corrected chi connectivity index (χ2v) is 7.67. The van der Waals surface area contributed by atoms with Gasteiger partial charge in [-0.1, -0.05) is 36.4 Å². The first-order valence-electron chi connectivity index (χ1n) is 10.2. The monoisotopic (exact) mass is 408 g/mol. The van der Waals surface area contributed by atoms with Crippen LogP contribution >= 0.6 is 0 Å². The van der Waals surface area contributed by atoms with E-state index in [0.29, 0.717) is 0 Å². The summed E-state index contributed by atoms with van der Waals surface area (Å²) >= 11 is 0. The number of nitrogens with zero attached hydrogens (tertiary/aromatic N) is 2. The Labute approximate surface area is 176 Å². The highest BCUT2D eigenvalue weighted by Gasteiger charge is 2.26. The van der Waals surface area contributed by atoms with Gasteiger partial charge in [-0.2, -0.15) is 0 Å². The summed E-state index contributed by atoms with van der Waals surface area (Å²) in [5.41, 5.74) is 3.30. The fourth-order valence-electron chi connectivity index (χ4n) is 4.07. The predicted molar refractivity (Wildman–Crippen MR) is 114 cm³/mol. The third-order valence-corrected chi connectivity index (χ3v) is 5.71. The molecular weight excluding hydrogens is 382 g/mol. The maximum atomic E-state index is 13.5. The highest BCUT2D eigenvalue weighted by molar-refractivity contribution is 5.32. The molecule has 0 aromatic heterocycles. The molecule has 0 spiro atoms. The zero-order valence-electron chi connectivity index (χ0n) is 17.1. The summed E-state index contributed by atoms with van der Waals surface area (Å²) in [4.78, 5) is 4.83. The lowest BCUT2D eigenvalue weighted by atomic mass is 9.96. The smallest absolute Gasteiger partial charge is 0.123 e. The molecule has 0 bridgehead atoms. The normalized spacial score (nSPS) is 15.5. The number of rotatable bonds is 6. The third kappa shape index (κ3) is 4.86. The van der Waals surface area contributed by atoms with Crippen LogP contribution in [0.1, 0.15) is 22.7 Å². The van der Waals surface area contributed by atoms with Gasteiger partial charge in [0.25, 0.3) is 0 Å². The second-order valence-electron chi connectivity index (χ2n) is 7.67. The van der Waals surface area contributed by atoms with Crippen LogP contribution in [-0.4, -0.2) is 43.1 Å². The Bertz CT molecular complexity index is 889. The van der Waals surface area contributed by atoms with E-state index < -0.39 is 0 Å². The van der Waals surface area contributed by atoms with E-state index in [1.807, 2.05) is 36.4 Å². The molecule has 1 fully saturated rings. The Kier molecular flexibility index (Phi) is 6.41. The van der Waals surface area contributed by atoms with E-state index in [1.54, 1.807) is 7.11 Å². The molecular formula is C25H26F2N2O. The van der Waals surface area contributed by atoms with E-state index in [4.69, 9.17) is 4.74 Å². The molecule has 0 aliphatic carbocycles. The van der Waals surface area contributed by atoms with E-state index in [9.17, 15) is 8.78 Å². The van der Waals surface area contributed by atoms with Gasteiger partial charge in [0.2, 0.25) is 0 Å². The molecule has 3 aromatic rings. The molecule has 0 radical (unpaired) electrons. The maximum absolute atomic E-state index is 13.5. The molecule has 0 unspecified atom stereocenters. The molecule has 3 nitrogen and oxygen atoms in total. The Hall–Kier alpha value is -2.76. The van der Waals surface area contributed by atoms with Gasteiger partial charge in [-0.25, -0.2) is 8.78 Å². The van der Waals surface area contributed by atoms with Crippen LogP contribution in [0.25, 0.3) is 0 Å². The van der Waals surface area contributed by atoms with Crippen molar-refractivity contribution in [1.82, 2.24) is 9.80 Å². The molecule has 30 heavy (non-hydrogen) atoms. The zero-order chi connectivity index (χ0) is 20.9. The van der Waals surface area contributed by atoms with Crippen LogP contribution in [0.5, 0.6) is 5.75 Å². The Morgan fingerprint density at radius 2 is 1.23 bits per heavy atom. The van der Waals surface area contributed by atoms with Crippen molar-refractivity contribution in [2.75, 3.05) is 33.3 Å². The Morgan fingerprint density at radius 3 is 1.70 bits per heavy atom. The van der Waals surface area contributed by atoms with Gasteiger partial charge < -0.3 is 4.74 Å². The minimum Gasteiger partial charge on any atom is -0.497 e. The van der Waals surface area contributed by atoms with Gasteiger partial charge in [-0.05, 0) is 53.1 Å². The highest BCUT2D eigenvalue weighted by atomic mass is 19.1. The summed E-state index contributed by atoms with van der Waals surface area (Å²) < 4.78 is 32.2. The molecule has 156 valence electrons. The molecule has 1 aliphatic heterocycles. The lowest BCUT2D eigenvalue weighted by Crippen LogP contribution is -2.47. The third-order valence-electron chi connectivity index (χ3n) is 5.71. The summed E-state index contributed by atoms with van der Waals surface area (Å²) in [5.74, 6) is 0.367. The predicted octanol–water partition coefficient (Wildman–Crippen LogP) is 4.88. The van der Waals surface area contributed by atoms with Crippen molar-refractivity contribution in [1.29, 1.82) is 0 Å². The van der Waals surface area contributed by atoms with E-state index in [1.165, 1.54) is 29.8 Å². The molecule has 1 saturated heterocycles. The van der Waals surface area contributed by atoms with Crippen molar-refractivity contribution in [2.45, 2.75) is 12.6 Å². The zero-order valence-corrected chi connectivity index (χ0v) is 17.1. The maximum Gasteiger partial charge on any atom is 0.123 e. The summed E-state index contributed by atoms with van der Waals surface area (Å²) in [6.45, 7) is 4.54. The number of piperazine rings is 1. The molecule has 0 saturated carbocycles. The second kappa shape index (κ2) is 9.37. The molecule has 0 atom stereocenters. The number of hydrogen-bond acceptors (Lipinski definition) is 3. The average molecular weight is 408 g/mol. The van der Waals surface area contributed by atoms with Crippen LogP contribution in [0.3, 0.4) is 0 Å². The first-order chi connectivity index (χ1) is 14.6. The topological polar surface area (TPSA) is 15.7 Å². The fraction of sp³-hybridized carbons (Fsp3) is 0.280. The average Bonchev–Trinajstić information content (AvgIpc) is 2.78. The van der Waals surface area contributed by atoms with Gasteiger partial charge in [-0.3, -0.25) is 9.80 Å². The van der Waals surface area contributed by atoms with Crippen molar-refractivity contribution in [2.24, 2.45) is 0 Å². The number of ether oxygens (including phenoxy) is 1. The lowest BCUT2D eigenvalue weighted by Gasteiger charge is -2.40. The molecule has 3 aromatic carbocycles. The van der Waals surface area contributed by atoms with E-state index in [2.05, 4.69) is 21.9 Å². The first kappa shape index (κ1) is 20.5. The van der Waals surface area contributed by atoms with Crippen LogP contribution in [-0.2, 0) is 6.54 Å². The Morgan fingerprint density at radius 1 is 0.733 bits per heavy atom. The van der Waals surface area contributed by atoms with E-state index in [-0.39, 0.29) is 17.7 Å². The number of methoxy groups -OCH3 is 1. The molecule has 5 heteroatoms. The number of halogens is 2. The SMILES string of the molecule is COc1ccc(CN2CCN(C(c3ccc(F)cc3)c3ccc(F)cc3)CC2)cc1. The van der Waals surface area contributed by atoms with Crippen LogP contribution in [0.2, 0.25) is 0 Å². The quantitative estimate of drug-likeness (QED) is 0.578. The van der Waals surface area contributed by atoms with Crippen molar-refractivity contribution < 1.29 is 13.5 Å². The summed E-state index contributed by atoms with van der Waals surface area (Å²) in [6, 6.07) is 21.4. The van der Waals surface area contributed by atoms with E-state index >= 15 is 0 Å². The van der Waals surface area contributed by atoms with Crippen LogP contribution < -0.4 is 4.74 Å². The molecule has 4 rings (SSSR count). The summed E-state index contributed by atoms with van der Waals surface area (Å²) in [7, 11) is 1.67. The first-order valence-corrected chi connectivity index (χ1v) is 10.2. The van der Waals surface area contributed by atoms with Crippen molar-refractivity contribution >= 4 is 0 Å². The van der Waals surface area contributed by atoms with Crippen LogP contribution in [0.15, 0.2) is 72.8 Å². The highest BCUT2D eigenvalue weighted by Crippen LogP contribution is 2.30. The molecule has 1 aliphatic rings. The van der Waals surface area contributed by atoms with Gasteiger partial charge in [-0.15, -0.1) is 0 Å². The minimum atomic E-state index is -0.249. The van der Waals surface area contributed by atoms with Gasteiger partial charge in [0, 0.05) is 32.7 Å². The van der Waals surface area contributed by atoms with Crippen molar-refractivity contribution in [3.63, 3.8) is 0 Å². The molecule has 1 heterocycles. The number of benzene rings is 3. The molecule has 0 N–H and O–H groups in total. The summed E-state index contributed by atoms with van der Waals surface area (Å²) in [6.07, 6.45) is 0. The minimum absolute atomic E-state index is 0.0191. The van der Waals surface area contributed by atoms with Gasteiger partial charge in [0.1, 0.15) is 17.4 Å². The summed E-state index contributed by atoms with van der Waals surface area (Å²) in [5, 5.41) is 0. The molecule has 0 amide bonds.